The van der Waals surface area contributed by atoms with Crippen LogP contribution in [0.25, 0.3) is 0 Å². The Morgan fingerprint density at radius 1 is 0.842 bits per heavy atom. The summed E-state index contributed by atoms with van der Waals surface area (Å²) in [6.07, 6.45) is 0. The Morgan fingerprint density at radius 3 is 2.11 bits per heavy atom. The molecule has 100 valence electrons. The molecule has 0 aromatic heterocycles. The van der Waals surface area contributed by atoms with E-state index in [1.54, 1.807) is 13.0 Å². The number of aryl methyl sites for hydroxylation is 1. The molecule has 0 unspecified atom stereocenters. The topological polar surface area (TPSA) is 12.0 Å². The van der Waals surface area contributed by atoms with Crippen molar-refractivity contribution >= 4 is 0 Å². The van der Waals surface area contributed by atoms with Crippen molar-refractivity contribution in [3.05, 3.63) is 70.5 Å². The first kappa shape index (κ1) is 13.6. The molecule has 0 amide bonds. The number of halogens is 3. The van der Waals surface area contributed by atoms with E-state index >= 15 is 0 Å². The van der Waals surface area contributed by atoms with E-state index in [9.17, 15) is 13.2 Å². The number of nitrogens with one attached hydrogen (secondary N) is 1. The maximum Gasteiger partial charge on any atom is 0.126 e. The molecular weight excluding hydrogens is 251 g/mol. The molecular formula is C15H14F3N. The third-order valence-corrected chi connectivity index (χ3v) is 2.82. The maximum atomic E-state index is 13.3. The van der Waals surface area contributed by atoms with Gasteiger partial charge >= 0.3 is 0 Å². The molecule has 0 radical (unpaired) electrons. The molecule has 0 atom stereocenters. The normalized spacial score (nSPS) is 10.7. The molecule has 0 fully saturated rings. The van der Waals surface area contributed by atoms with Gasteiger partial charge in [0, 0.05) is 19.2 Å². The van der Waals surface area contributed by atoms with Crippen molar-refractivity contribution in [2.75, 3.05) is 0 Å². The molecule has 19 heavy (non-hydrogen) atoms. The molecule has 0 aliphatic carbocycles. The zero-order valence-corrected chi connectivity index (χ0v) is 10.5. The highest BCUT2D eigenvalue weighted by Gasteiger charge is 2.02. The zero-order chi connectivity index (χ0) is 13.8. The fraction of sp³-hybridized carbons (Fsp3) is 0.200. The van der Waals surface area contributed by atoms with Crippen molar-refractivity contribution in [1.82, 2.24) is 5.32 Å². The van der Waals surface area contributed by atoms with Gasteiger partial charge in [0.2, 0.25) is 0 Å². The average molecular weight is 265 g/mol. The molecule has 0 saturated carbocycles. The van der Waals surface area contributed by atoms with Crippen molar-refractivity contribution in [1.29, 1.82) is 0 Å². The first-order valence-electron chi connectivity index (χ1n) is 5.95. The van der Waals surface area contributed by atoms with Crippen molar-refractivity contribution in [2.45, 2.75) is 20.0 Å². The van der Waals surface area contributed by atoms with Crippen molar-refractivity contribution in [2.24, 2.45) is 0 Å². The standard InChI is InChI=1S/C15H14F3N/c1-10-2-3-11(6-15(10)18)8-19-9-12-4-13(16)7-14(17)5-12/h2-7,19H,8-9H2,1H3. The number of hydrogen-bond donors (Lipinski definition) is 1. The van der Waals surface area contributed by atoms with Gasteiger partial charge in [0.05, 0.1) is 0 Å². The van der Waals surface area contributed by atoms with Gasteiger partial charge in [0.1, 0.15) is 17.5 Å². The Balaban J connectivity index is 1.94. The van der Waals surface area contributed by atoms with Crippen LogP contribution in [-0.2, 0) is 13.1 Å². The summed E-state index contributed by atoms with van der Waals surface area (Å²) in [4.78, 5) is 0. The van der Waals surface area contributed by atoms with Gasteiger partial charge in [-0.3, -0.25) is 0 Å². The maximum absolute atomic E-state index is 13.3. The van der Waals surface area contributed by atoms with Crippen LogP contribution in [0.3, 0.4) is 0 Å². The minimum atomic E-state index is -0.599. The van der Waals surface area contributed by atoms with Crippen LogP contribution in [0.4, 0.5) is 13.2 Å². The molecule has 4 heteroatoms. The highest BCUT2D eigenvalue weighted by molar-refractivity contribution is 5.23. The predicted molar refractivity (Wildman–Crippen MR) is 68.0 cm³/mol. The van der Waals surface area contributed by atoms with E-state index < -0.39 is 11.6 Å². The lowest BCUT2D eigenvalue weighted by molar-refractivity contribution is 0.574. The van der Waals surface area contributed by atoms with Crippen LogP contribution in [0.15, 0.2) is 36.4 Å². The van der Waals surface area contributed by atoms with E-state index in [1.165, 1.54) is 18.2 Å². The Morgan fingerprint density at radius 2 is 1.47 bits per heavy atom. The van der Waals surface area contributed by atoms with Crippen LogP contribution in [0.5, 0.6) is 0 Å². The molecule has 2 aromatic carbocycles. The second kappa shape index (κ2) is 5.89. The van der Waals surface area contributed by atoms with Crippen molar-refractivity contribution in [3.63, 3.8) is 0 Å². The summed E-state index contributed by atoms with van der Waals surface area (Å²) in [6, 6.07) is 8.34. The van der Waals surface area contributed by atoms with Crippen molar-refractivity contribution in [3.8, 4) is 0 Å². The molecule has 0 aliphatic heterocycles. The lowest BCUT2D eigenvalue weighted by Gasteiger charge is -2.06. The van der Waals surface area contributed by atoms with Gasteiger partial charge in [0.25, 0.3) is 0 Å². The fourth-order valence-electron chi connectivity index (χ4n) is 1.81. The lowest BCUT2D eigenvalue weighted by Crippen LogP contribution is -2.13. The van der Waals surface area contributed by atoms with E-state index in [1.807, 2.05) is 6.07 Å². The van der Waals surface area contributed by atoms with Gasteiger partial charge in [-0.2, -0.15) is 0 Å². The molecule has 0 saturated heterocycles. The summed E-state index contributed by atoms with van der Waals surface area (Å²) >= 11 is 0. The lowest BCUT2D eigenvalue weighted by atomic mass is 10.1. The zero-order valence-electron chi connectivity index (χ0n) is 10.5. The van der Waals surface area contributed by atoms with Gasteiger partial charge in [-0.25, -0.2) is 13.2 Å². The summed E-state index contributed by atoms with van der Waals surface area (Å²) in [6.45, 7) is 2.46. The Labute approximate surface area is 110 Å². The molecule has 0 heterocycles. The van der Waals surface area contributed by atoms with E-state index in [4.69, 9.17) is 0 Å². The van der Waals surface area contributed by atoms with Crippen LogP contribution in [0.2, 0.25) is 0 Å². The molecule has 1 nitrogen and oxygen atoms in total. The number of benzene rings is 2. The Kier molecular flexibility index (Phi) is 4.22. The molecule has 1 N–H and O–H groups in total. The Hall–Kier alpha value is -1.81. The monoisotopic (exact) mass is 265 g/mol. The van der Waals surface area contributed by atoms with E-state index in [0.29, 0.717) is 24.2 Å². The van der Waals surface area contributed by atoms with E-state index in [-0.39, 0.29) is 5.82 Å². The summed E-state index contributed by atoms with van der Waals surface area (Å²) in [5, 5.41) is 3.02. The van der Waals surface area contributed by atoms with Crippen LogP contribution < -0.4 is 5.32 Å². The first-order chi connectivity index (χ1) is 9.04. The van der Waals surface area contributed by atoms with Gasteiger partial charge in [0.15, 0.2) is 0 Å². The molecule has 2 aromatic rings. The van der Waals surface area contributed by atoms with Gasteiger partial charge in [-0.15, -0.1) is 0 Å². The SMILES string of the molecule is Cc1ccc(CNCc2cc(F)cc(F)c2)cc1F. The minimum absolute atomic E-state index is 0.254. The second-order valence-electron chi connectivity index (χ2n) is 4.46. The van der Waals surface area contributed by atoms with E-state index in [2.05, 4.69) is 5.32 Å². The molecule has 2 rings (SSSR count). The summed E-state index contributed by atoms with van der Waals surface area (Å²) in [5.41, 5.74) is 1.90. The first-order valence-corrected chi connectivity index (χ1v) is 5.95. The summed E-state index contributed by atoms with van der Waals surface area (Å²) in [7, 11) is 0. The van der Waals surface area contributed by atoms with E-state index in [0.717, 1.165) is 11.6 Å². The van der Waals surface area contributed by atoms with Crippen LogP contribution in [0.1, 0.15) is 16.7 Å². The highest BCUT2D eigenvalue weighted by Crippen LogP contribution is 2.10. The van der Waals surface area contributed by atoms with Gasteiger partial charge in [-0.05, 0) is 41.8 Å². The third kappa shape index (κ3) is 3.83. The largest absolute Gasteiger partial charge is 0.309 e. The highest BCUT2D eigenvalue weighted by atomic mass is 19.1. The quantitative estimate of drug-likeness (QED) is 0.888. The fourth-order valence-corrected chi connectivity index (χ4v) is 1.81. The van der Waals surface area contributed by atoms with Gasteiger partial charge in [-0.1, -0.05) is 12.1 Å². The molecule has 0 aliphatic rings. The minimum Gasteiger partial charge on any atom is -0.309 e. The van der Waals surface area contributed by atoms with Crippen LogP contribution in [-0.4, -0.2) is 0 Å². The predicted octanol–water partition coefficient (Wildman–Crippen LogP) is 3.70. The molecule has 0 bridgehead atoms. The van der Waals surface area contributed by atoms with Crippen LogP contribution in [0, 0.1) is 24.4 Å². The number of hydrogen-bond acceptors (Lipinski definition) is 1. The smallest absolute Gasteiger partial charge is 0.126 e. The summed E-state index contributed by atoms with van der Waals surface area (Å²) < 4.78 is 39.2. The number of rotatable bonds is 4. The van der Waals surface area contributed by atoms with Crippen LogP contribution >= 0.6 is 0 Å². The van der Waals surface area contributed by atoms with Gasteiger partial charge < -0.3 is 5.32 Å². The Bertz CT molecular complexity index is 561. The third-order valence-electron chi connectivity index (χ3n) is 2.82. The van der Waals surface area contributed by atoms with Crippen molar-refractivity contribution < 1.29 is 13.2 Å². The second-order valence-corrected chi connectivity index (χ2v) is 4.46. The average Bonchev–Trinajstić information content (AvgIpc) is 2.32. The molecule has 0 spiro atoms. The summed E-state index contributed by atoms with van der Waals surface area (Å²) in [5.74, 6) is -1.45.